The number of aromatic nitrogens is 3. The van der Waals surface area contributed by atoms with E-state index in [1.165, 1.54) is 0 Å². The second-order valence-electron chi connectivity index (χ2n) is 11.3. The number of benzene rings is 2. The molecule has 4 atom stereocenters. The van der Waals surface area contributed by atoms with E-state index < -0.39 is 5.82 Å². The van der Waals surface area contributed by atoms with Crippen molar-refractivity contribution in [3.05, 3.63) is 48.4 Å². The lowest BCUT2D eigenvalue weighted by Crippen LogP contribution is -2.51. The number of piperazine rings is 1. The zero-order valence-electron chi connectivity index (χ0n) is 22.7. The smallest absolute Gasteiger partial charge is 0.319 e. The van der Waals surface area contributed by atoms with Gasteiger partial charge in [-0.1, -0.05) is 24.3 Å². The fraction of sp³-hybridized carbons (Fsp3) is 0.433. The van der Waals surface area contributed by atoms with Gasteiger partial charge in [0, 0.05) is 56.6 Å². The maximum Gasteiger partial charge on any atom is 0.319 e. The number of likely N-dealkylation sites (tertiary alicyclic amines) is 1. The van der Waals surface area contributed by atoms with Gasteiger partial charge in [0.15, 0.2) is 5.82 Å². The van der Waals surface area contributed by atoms with E-state index in [0.717, 1.165) is 49.7 Å². The lowest BCUT2D eigenvalue weighted by atomic mass is 10.0. The van der Waals surface area contributed by atoms with E-state index in [2.05, 4.69) is 25.1 Å². The van der Waals surface area contributed by atoms with Crippen LogP contribution in [0.4, 0.5) is 10.2 Å². The molecule has 10 heteroatoms. The van der Waals surface area contributed by atoms with Crippen LogP contribution in [0.3, 0.4) is 0 Å². The average Bonchev–Trinajstić information content (AvgIpc) is 3.50. The fourth-order valence-corrected chi connectivity index (χ4v) is 6.54. The van der Waals surface area contributed by atoms with Gasteiger partial charge in [-0.05, 0) is 49.2 Å². The van der Waals surface area contributed by atoms with Gasteiger partial charge >= 0.3 is 6.01 Å². The second-order valence-corrected chi connectivity index (χ2v) is 11.3. The summed E-state index contributed by atoms with van der Waals surface area (Å²) in [7, 11) is 3.78. The van der Waals surface area contributed by atoms with Crippen LogP contribution in [-0.2, 0) is 4.74 Å². The first-order valence-corrected chi connectivity index (χ1v) is 13.9. The SMILES string of the molecule is CO[C@@H]1C[C@@H](COc2nc(N3CC4CCC(C3)N4)c3cnc(-c4cc(O)cc5ccccc45)c(F)c3n2)N(C)C1. The van der Waals surface area contributed by atoms with Gasteiger partial charge in [0.1, 0.15) is 29.4 Å². The number of pyridine rings is 1. The van der Waals surface area contributed by atoms with Crippen LogP contribution in [0.1, 0.15) is 19.3 Å². The number of anilines is 1. The van der Waals surface area contributed by atoms with Crippen LogP contribution in [0.25, 0.3) is 32.9 Å². The molecule has 5 heterocycles. The molecule has 3 aliphatic rings. The van der Waals surface area contributed by atoms with Crippen molar-refractivity contribution in [2.24, 2.45) is 0 Å². The highest BCUT2D eigenvalue weighted by molar-refractivity contribution is 5.99. The molecule has 7 rings (SSSR count). The highest BCUT2D eigenvalue weighted by atomic mass is 19.1. The van der Waals surface area contributed by atoms with Crippen LogP contribution in [-0.4, -0.2) is 89.6 Å². The standard InChI is InChI=1S/C30H33FN6O3/c1-36-15-22(39-2)10-20(36)16-40-30-34-28-25(29(35-30)37-13-18-7-8-19(14-37)33-18)12-32-27(26(28)31)24-11-21(38)9-17-5-3-4-6-23(17)24/h3-6,9,11-12,18-20,22,33,38H,7-8,10,13-16H2,1-2H3/t18?,19?,20-,22+/m0/s1. The van der Waals surface area contributed by atoms with Gasteiger partial charge in [-0.15, -0.1) is 0 Å². The first kappa shape index (κ1) is 25.4. The van der Waals surface area contributed by atoms with Crippen molar-refractivity contribution in [2.75, 3.05) is 45.3 Å². The van der Waals surface area contributed by atoms with Crippen LogP contribution in [0.15, 0.2) is 42.6 Å². The summed E-state index contributed by atoms with van der Waals surface area (Å²) < 4.78 is 28.2. The number of fused-ring (bicyclic) bond motifs is 4. The number of halogens is 1. The Balaban J connectivity index is 1.32. The molecular formula is C30H33FN6O3. The third kappa shape index (κ3) is 4.49. The number of likely N-dealkylation sites (N-methyl/N-ethyl adjacent to an activating group) is 1. The minimum Gasteiger partial charge on any atom is -0.508 e. The molecule has 9 nitrogen and oxygen atoms in total. The zero-order chi connectivity index (χ0) is 27.4. The maximum atomic E-state index is 16.5. The molecule has 2 aromatic carbocycles. The molecule has 0 radical (unpaired) electrons. The van der Waals surface area contributed by atoms with Crippen LogP contribution in [0.2, 0.25) is 0 Å². The highest BCUT2D eigenvalue weighted by Crippen LogP contribution is 2.37. The van der Waals surface area contributed by atoms with E-state index >= 15 is 4.39 Å². The third-order valence-electron chi connectivity index (χ3n) is 8.65. The molecule has 3 saturated heterocycles. The minimum absolute atomic E-state index is 0.0498. The van der Waals surface area contributed by atoms with Crippen LogP contribution < -0.4 is 15.0 Å². The van der Waals surface area contributed by atoms with Gasteiger partial charge in [-0.3, -0.25) is 9.88 Å². The average molecular weight is 545 g/mol. The molecule has 208 valence electrons. The molecule has 40 heavy (non-hydrogen) atoms. The number of phenolic OH excluding ortho intramolecular Hbond substituents is 1. The quantitative estimate of drug-likeness (QED) is 0.377. The van der Waals surface area contributed by atoms with Gasteiger partial charge < -0.3 is 24.8 Å². The van der Waals surface area contributed by atoms with E-state index in [-0.39, 0.29) is 35.1 Å². The molecular weight excluding hydrogens is 511 g/mol. The number of nitrogens with zero attached hydrogens (tertiary/aromatic N) is 5. The van der Waals surface area contributed by atoms with Gasteiger partial charge in [0.25, 0.3) is 0 Å². The van der Waals surface area contributed by atoms with E-state index in [9.17, 15) is 5.11 Å². The number of hydrogen-bond donors (Lipinski definition) is 2. The van der Waals surface area contributed by atoms with Crippen LogP contribution in [0.5, 0.6) is 11.8 Å². The normalized spacial score (nSPS) is 24.8. The van der Waals surface area contributed by atoms with Crippen molar-refractivity contribution >= 4 is 27.5 Å². The number of methoxy groups -OCH3 is 1. The molecule has 0 saturated carbocycles. The summed E-state index contributed by atoms with van der Waals surface area (Å²) in [6.45, 7) is 2.78. The Bertz CT molecular complexity index is 1570. The number of hydrogen-bond acceptors (Lipinski definition) is 9. The molecule has 2 N–H and O–H groups in total. The van der Waals surface area contributed by atoms with Crippen LogP contribution >= 0.6 is 0 Å². The zero-order valence-corrected chi connectivity index (χ0v) is 22.7. The Kier molecular flexibility index (Phi) is 6.41. The molecule has 0 aliphatic carbocycles. The molecule has 0 spiro atoms. The topological polar surface area (TPSA) is 95.9 Å². The van der Waals surface area contributed by atoms with Crippen molar-refractivity contribution in [3.63, 3.8) is 0 Å². The molecule has 3 fully saturated rings. The number of ether oxygens (including phenoxy) is 2. The monoisotopic (exact) mass is 544 g/mol. The Labute approximate surface area is 231 Å². The summed E-state index contributed by atoms with van der Waals surface area (Å²) in [6, 6.07) is 11.8. The Morgan fingerprint density at radius 2 is 1.88 bits per heavy atom. The van der Waals surface area contributed by atoms with Crippen molar-refractivity contribution < 1.29 is 19.0 Å². The predicted molar refractivity (Wildman–Crippen MR) is 151 cm³/mol. The molecule has 0 amide bonds. The predicted octanol–water partition coefficient (Wildman–Crippen LogP) is 3.73. The summed E-state index contributed by atoms with van der Waals surface area (Å²) in [5.41, 5.74) is 0.808. The Morgan fingerprint density at radius 3 is 2.65 bits per heavy atom. The molecule has 4 aromatic rings. The van der Waals surface area contributed by atoms with Crippen molar-refractivity contribution in [1.82, 2.24) is 25.2 Å². The number of nitrogens with one attached hydrogen (secondary N) is 1. The Morgan fingerprint density at radius 1 is 1.07 bits per heavy atom. The maximum absolute atomic E-state index is 16.5. The molecule has 2 aromatic heterocycles. The first-order chi connectivity index (χ1) is 19.5. The van der Waals surface area contributed by atoms with Crippen molar-refractivity contribution in [1.29, 1.82) is 0 Å². The van der Waals surface area contributed by atoms with E-state index in [1.807, 2.05) is 31.3 Å². The summed E-state index contributed by atoms with van der Waals surface area (Å²) in [4.78, 5) is 18.4. The number of phenols is 1. The van der Waals surface area contributed by atoms with E-state index in [1.54, 1.807) is 25.4 Å². The molecule has 3 aliphatic heterocycles. The number of rotatable bonds is 6. The highest BCUT2D eigenvalue weighted by Gasteiger charge is 2.35. The fourth-order valence-electron chi connectivity index (χ4n) is 6.54. The molecule has 2 bridgehead atoms. The summed E-state index contributed by atoms with van der Waals surface area (Å²) >= 11 is 0. The Hall–Kier alpha value is -3.60. The minimum atomic E-state index is -0.558. The van der Waals surface area contributed by atoms with Crippen molar-refractivity contribution in [2.45, 2.75) is 43.5 Å². The number of aromatic hydroxyl groups is 1. The second kappa shape index (κ2) is 10.1. The first-order valence-electron chi connectivity index (χ1n) is 13.9. The summed E-state index contributed by atoms with van der Waals surface area (Å²) in [6.07, 6.45) is 4.89. The summed E-state index contributed by atoms with van der Waals surface area (Å²) in [5, 5.41) is 16.2. The lowest BCUT2D eigenvalue weighted by molar-refractivity contribution is 0.111. The van der Waals surface area contributed by atoms with E-state index in [0.29, 0.717) is 35.5 Å². The van der Waals surface area contributed by atoms with E-state index in [4.69, 9.17) is 14.5 Å². The van der Waals surface area contributed by atoms with Gasteiger partial charge in [-0.25, -0.2) is 4.39 Å². The van der Waals surface area contributed by atoms with Gasteiger partial charge in [0.05, 0.1) is 11.5 Å². The third-order valence-corrected chi connectivity index (χ3v) is 8.65. The van der Waals surface area contributed by atoms with Crippen molar-refractivity contribution in [3.8, 4) is 23.0 Å². The van der Waals surface area contributed by atoms with Gasteiger partial charge in [-0.2, -0.15) is 9.97 Å². The van der Waals surface area contributed by atoms with Gasteiger partial charge in [0.2, 0.25) is 0 Å². The summed E-state index contributed by atoms with van der Waals surface area (Å²) in [5.74, 6) is 0.137. The largest absolute Gasteiger partial charge is 0.508 e. The van der Waals surface area contributed by atoms with Crippen LogP contribution in [0, 0.1) is 5.82 Å². The lowest BCUT2D eigenvalue weighted by Gasteiger charge is -2.34. The molecule has 2 unspecified atom stereocenters.